The Morgan fingerprint density at radius 2 is 2.22 bits per heavy atom. The van der Waals surface area contributed by atoms with Gasteiger partial charge in [0, 0.05) is 23.3 Å². The molecule has 1 heterocycles. The molecule has 2 rings (SSSR count). The van der Waals surface area contributed by atoms with E-state index in [4.69, 9.17) is 9.68 Å². The van der Waals surface area contributed by atoms with Gasteiger partial charge in [0.25, 0.3) is 0 Å². The van der Waals surface area contributed by atoms with Gasteiger partial charge in [-0.2, -0.15) is 5.26 Å². The third-order valence-electron chi connectivity index (χ3n) is 3.40. The Balaban J connectivity index is 2.04. The maximum Gasteiger partial charge on any atom is 0.213 e. The predicted molar refractivity (Wildman–Crippen MR) is 65.0 cm³/mol. The van der Waals surface area contributed by atoms with Gasteiger partial charge in [-0.05, 0) is 37.0 Å². The van der Waals surface area contributed by atoms with E-state index in [1.165, 1.54) is 0 Å². The molecule has 5 nitrogen and oxygen atoms in total. The Bertz CT molecular complexity index is 477. The summed E-state index contributed by atoms with van der Waals surface area (Å²) in [6.07, 6.45) is 5.79. The van der Waals surface area contributed by atoms with E-state index in [1.54, 1.807) is 24.5 Å². The molecule has 0 saturated heterocycles. The number of hydrogen-bond donors (Lipinski definition) is 0. The second-order valence-corrected chi connectivity index (χ2v) is 4.52. The second-order valence-electron chi connectivity index (χ2n) is 4.52. The van der Waals surface area contributed by atoms with Crippen LogP contribution in [-0.2, 0) is 0 Å². The van der Waals surface area contributed by atoms with Gasteiger partial charge in [-0.15, -0.1) is 0 Å². The lowest BCUT2D eigenvalue weighted by atomic mass is 9.82. The number of allylic oxidation sites excluding steroid dienone is 1. The van der Waals surface area contributed by atoms with Crippen LogP contribution in [0.2, 0.25) is 0 Å². The van der Waals surface area contributed by atoms with Crippen LogP contribution in [0.3, 0.4) is 0 Å². The minimum absolute atomic E-state index is 0.122. The van der Waals surface area contributed by atoms with Crippen LogP contribution in [0, 0.1) is 27.4 Å². The molecule has 0 aromatic carbocycles. The van der Waals surface area contributed by atoms with Crippen LogP contribution in [0.15, 0.2) is 28.4 Å². The van der Waals surface area contributed by atoms with Crippen molar-refractivity contribution in [3.63, 3.8) is 0 Å². The van der Waals surface area contributed by atoms with E-state index in [0.29, 0.717) is 37.0 Å². The zero-order chi connectivity index (χ0) is 13.0. The molecule has 5 heteroatoms. The highest BCUT2D eigenvalue weighted by atomic mass is 16.6. The van der Waals surface area contributed by atoms with Gasteiger partial charge >= 0.3 is 0 Å². The first-order chi connectivity index (χ1) is 8.70. The minimum atomic E-state index is -0.440. The molecule has 94 valence electrons. The van der Waals surface area contributed by atoms with E-state index >= 15 is 0 Å². The van der Waals surface area contributed by atoms with Gasteiger partial charge in [0.05, 0.1) is 12.3 Å². The Morgan fingerprint density at radius 1 is 1.50 bits per heavy atom. The minimum Gasteiger partial charge on any atom is -0.465 e. The molecule has 0 aliphatic heterocycles. The maximum absolute atomic E-state index is 10.7. The second kappa shape index (κ2) is 5.50. The van der Waals surface area contributed by atoms with Crippen molar-refractivity contribution < 1.29 is 9.34 Å². The molecule has 0 atom stereocenters. The van der Waals surface area contributed by atoms with E-state index < -0.39 is 6.04 Å². The van der Waals surface area contributed by atoms with E-state index in [2.05, 4.69) is 6.07 Å². The highest BCUT2D eigenvalue weighted by Crippen LogP contribution is 2.31. The fourth-order valence-electron chi connectivity index (χ4n) is 2.37. The number of nitrogens with zero attached hydrogens (tertiary/aromatic N) is 2. The average molecular weight is 246 g/mol. The summed E-state index contributed by atoms with van der Waals surface area (Å²) in [7, 11) is 0. The third-order valence-corrected chi connectivity index (χ3v) is 3.40. The van der Waals surface area contributed by atoms with Gasteiger partial charge in [0.2, 0.25) is 6.04 Å². The molecule has 1 aliphatic carbocycles. The first-order valence-corrected chi connectivity index (χ1v) is 5.99. The molecule has 1 saturated carbocycles. The van der Waals surface area contributed by atoms with Crippen molar-refractivity contribution in [1.29, 1.82) is 5.26 Å². The summed E-state index contributed by atoms with van der Waals surface area (Å²) >= 11 is 0. The zero-order valence-electron chi connectivity index (χ0n) is 9.91. The molecular formula is C13H14N2O3. The number of nitriles is 1. The Morgan fingerprint density at radius 3 is 2.72 bits per heavy atom. The van der Waals surface area contributed by atoms with E-state index in [0.717, 1.165) is 0 Å². The van der Waals surface area contributed by atoms with Crippen LogP contribution in [0.25, 0.3) is 6.08 Å². The summed E-state index contributed by atoms with van der Waals surface area (Å²) in [5.41, 5.74) is 0.659. The number of rotatable bonds is 3. The van der Waals surface area contributed by atoms with Crippen LogP contribution in [-0.4, -0.2) is 11.0 Å². The first kappa shape index (κ1) is 12.4. The summed E-state index contributed by atoms with van der Waals surface area (Å²) in [4.78, 5) is 10.5. The van der Waals surface area contributed by atoms with Gasteiger partial charge in [-0.3, -0.25) is 10.1 Å². The fourth-order valence-corrected chi connectivity index (χ4v) is 2.37. The predicted octanol–water partition coefficient (Wildman–Crippen LogP) is 3.02. The number of nitro groups is 1. The average Bonchev–Trinajstić information content (AvgIpc) is 2.89. The van der Waals surface area contributed by atoms with E-state index in [1.807, 2.05) is 0 Å². The van der Waals surface area contributed by atoms with Crippen LogP contribution in [0.1, 0.15) is 31.4 Å². The largest absolute Gasteiger partial charge is 0.465 e. The summed E-state index contributed by atoms with van der Waals surface area (Å²) < 4.78 is 5.18. The van der Waals surface area contributed by atoms with E-state index in [-0.39, 0.29) is 10.8 Å². The third kappa shape index (κ3) is 2.77. The fraction of sp³-hybridized carbons (Fsp3) is 0.462. The van der Waals surface area contributed by atoms with Crippen LogP contribution >= 0.6 is 0 Å². The monoisotopic (exact) mass is 246 g/mol. The molecule has 1 aromatic rings. The molecule has 0 radical (unpaired) electrons. The van der Waals surface area contributed by atoms with Crippen molar-refractivity contribution in [3.05, 3.63) is 39.8 Å². The normalized spacial score (nSPS) is 24.5. The summed E-state index contributed by atoms with van der Waals surface area (Å²) in [6.45, 7) is 0. The lowest BCUT2D eigenvalue weighted by Crippen LogP contribution is -2.26. The first-order valence-electron chi connectivity index (χ1n) is 5.99. The molecule has 0 bridgehead atoms. The van der Waals surface area contributed by atoms with Gasteiger partial charge in [-0.25, -0.2) is 0 Å². The maximum atomic E-state index is 10.7. The van der Waals surface area contributed by atoms with Crippen molar-refractivity contribution in [2.45, 2.75) is 31.7 Å². The summed E-state index contributed by atoms with van der Waals surface area (Å²) in [6, 6.07) is 5.31. The highest BCUT2D eigenvalue weighted by molar-refractivity contribution is 5.53. The molecule has 18 heavy (non-hydrogen) atoms. The molecule has 1 aromatic heterocycles. The van der Waals surface area contributed by atoms with Crippen LogP contribution < -0.4 is 0 Å². The topological polar surface area (TPSA) is 80.1 Å². The molecule has 0 N–H and O–H groups in total. The Labute approximate surface area is 105 Å². The summed E-state index contributed by atoms with van der Waals surface area (Å²) in [5.74, 6) is 0.777. The lowest BCUT2D eigenvalue weighted by molar-refractivity contribution is -0.526. The lowest BCUT2D eigenvalue weighted by Gasteiger charge is -2.23. The number of hydrogen-bond acceptors (Lipinski definition) is 4. The van der Waals surface area contributed by atoms with Crippen molar-refractivity contribution in [3.8, 4) is 6.07 Å². The molecule has 0 spiro atoms. The molecule has 1 fully saturated rings. The quantitative estimate of drug-likeness (QED) is 0.466. The molecule has 0 amide bonds. The molecule has 0 unspecified atom stereocenters. The summed E-state index contributed by atoms with van der Waals surface area (Å²) in [5, 5.41) is 19.8. The highest BCUT2D eigenvalue weighted by Gasteiger charge is 2.30. The van der Waals surface area contributed by atoms with Gasteiger partial charge < -0.3 is 4.42 Å². The standard InChI is InChI=1S/C13H14N2O3/c14-9-11(8-13-2-1-7-18-13)10-3-5-12(6-4-10)15(16)17/h1-2,7-8,10,12H,3-6H2/b11-8-. The Kier molecular flexibility index (Phi) is 3.78. The van der Waals surface area contributed by atoms with Crippen molar-refractivity contribution in [1.82, 2.24) is 0 Å². The van der Waals surface area contributed by atoms with Gasteiger partial charge in [-0.1, -0.05) is 0 Å². The SMILES string of the molecule is N#C/C(=C/c1ccco1)C1CCC([N+](=O)[O-])CC1. The van der Waals surface area contributed by atoms with Crippen molar-refractivity contribution >= 4 is 6.08 Å². The zero-order valence-corrected chi connectivity index (χ0v) is 9.91. The van der Waals surface area contributed by atoms with Crippen LogP contribution in [0.5, 0.6) is 0 Å². The Hall–Kier alpha value is -2.09. The molecule has 1 aliphatic rings. The van der Waals surface area contributed by atoms with Crippen molar-refractivity contribution in [2.24, 2.45) is 5.92 Å². The van der Waals surface area contributed by atoms with Gasteiger partial charge in [0.15, 0.2) is 0 Å². The van der Waals surface area contributed by atoms with Crippen molar-refractivity contribution in [2.75, 3.05) is 0 Å². The number of furan rings is 1. The smallest absolute Gasteiger partial charge is 0.213 e. The van der Waals surface area contributed by atoms with Crippen LogP contribution in [0.4, 0.5) is 0 Å². The van der Waals surface area contributed by atoms with E-state index in [9.17, 15) is 10.1 Å². The molecular weight excluding hydrogens is 232 g/mol. The van der Waals surface area contributed by atoms with Gasteiger partial charge in [0.1, 0.15) is 5.76 Å².